The van der Waals surface area contributed by atoms with Gasteiger partial charge in [-0.1, -0.05) is 30.3 Å². The number of hydrogen-bond donors (Lipinski definition) is 4. The molecule has 0 radical (unpaired) electrons. The third-order valence-corrected chi connectivity index (χ3v) is 4.03. The summed E-state index contributed by atoms with van der Waals surface area (Å²) in [5.74, 6) is -0.966. The van der Waals surface area contributed by atoms with E-state index in [0.717, 1.165) is 5.56 Å². The summed E-state index contributed by atoms with van der Waals surface area (Å²) in [6, 6.07) is 19.8. The number of nitrogens with zero attached hydrogens (tertiary/aromatic N) is 1. The highest BCUT2D eigenvalue weighted by atomic mass is 16.3. The normalized spacial score (nSPS) is 10.9. The minimum absolute atomic E-state index is 0.0728. The van der Waals surface area contributed by atoms with Crippen molar-refractivity contribution in [3.8, 4) is 11.5 Å². The molecule has 0 saturated heterocycles. The van der Waals surface area contributed by atoms with E-state index in [1.165, 1.54) is 30.5 Å². The molecule has 0 aliphatic rings. The Bertz CT molecular complexity index is 1090. The number of phenolic OH excluding ortho intramolecular Hbond substituents is 2. The molecule has 3 rings (SSSR count). The predicted molar refractivity (Wildman–Crippen MR) is 115 cm³/mol. The third kappa shape index (κ3) is 5.80. The highest BCUT2D eigenvalue weighted by molar-refractivity contribution is 6.02. The maximum Gasteiger partial charge on any atom is 0.271 e. The zero-order valence-corrected chi connectivity index (χ0v) is 15.8. The number of benzene rings is 3. The van der Waals surface area contributed by atoms with E-state index >= 15 is 0 Å². The molecule has 0 saturated carbocycles. The number of amides is 2. The van der Waals surface area contributed by atoms with E-state index in [0.29, 0.717) is 16.8 Å². The number of aromatic hydroxyl groups is 2. The summed E-state index contributed by atoms with van der Waals surface area (Å²) in [4.78, 5) is 24.1. The molecule has 3 aromatic rings. The summed E-state index contributed by atoms with van der Waals surface area (Å²) in [5, 5.41) is 25.4. The summed E-state index contributed by atoms with van der Waals surface area (Å²) in [5.41, 5.74) is 4.50. The molecule has 7 nitrogen and oxygen atoms in total. The minimum Gasteiger partial charge on any atom is -0.508 e. The summed E-state index contributed by atoms with van der Waals surface area (Å²) < 4.78 is 0. The van der Waals surface area contributed by atoms with Crippen molar-refractivity contribution in [1.82, 2.24) is 5.43 Å². The lowest BCUT2D eigenvalue weighted by molar-refractivity contribution is -0.111. The van der Waals surface area contributed by atoms with Crippen LogP contribution in [-0.4, -0.2) is 28.2 Å². The Morgan fingerprint density at radius 3 is 2.33 bits per heavy atom. The molecule has 2 amide bonds. The second-order valence-corrected chi connectivity index (χ2v) is 6.25. The molecule has 0 bridgehead atoms. The van der Waals surface area contributed by atoms with Gasteiger partial charge in [0.2, 0.25) is 5.91 Å². The molecule has 30 heavy (non-hydrogen) atoms. The van der Waals surface area contributed by atoms with Gasteiger partial charge in [0.05, 0.1) is 6.21 Å². The molecule has 0 aromatic heterocycles. The van der Waals surface area contributed by atoms with Crippen molar-refractivity contribution in [2.24, 2.45) is 5.10 Å². The maximum absolute atomic E-state index is 12.1. The van der Waals surface area contributed by atoms with Gasteiger partial charge in [-0.05, 0) is 48.0 Å². The first-order chi connectivity index (χ1) is 14.5. The average Bonchev–Trinajstić information content (AvgIpc) is 2.75. The van der Waals surface area contributed by atoms with Crippen LogP contribution in [0.25, 0.3) is 6.08 Å². The van der Waals surface area contributed by atoms with Crippen molar-refractivity contribution in [3.05, 3.63) is 95.6 Å². The lowest BCUT2D eigenvalue weighted by atomic mass is 10.2. The van der Waals surface area contributed by atoms with E-state index < -0.39 is 5.91 Å². The van der Waals surface area contributed by atoms with Gasteiger partial charge in [-0.2, -0.15) is 5.10 Å². The minimum atomic E-state index is -0.452. The largest absolute Gasteiger partial charge is 0.508 e. The van der Waals surface area contributed by atoms with Gasteiger partial charge in [0.15, 0.2) is 0 Å². The summed E-state index contributed by atoms with van der Waals surface area (Å²) in [7, 11) is 0. The van der Waals surface area contributed by atoms with Crippen molar-refractivity contribution in [1.29, 1.82) is 0 Å². The Morgan fingerprint density at radius 2 is 1.63 bits per heavy atom. The monoisotopic (exact) mass is 401 g/mol. The van der Waals surface area contributed by atoms with Gasteiger partial charge in [0, 0.05) is 29.0 Å². The number of carbonyl (C=O) groups excluding carboxylic acids is 2. The first kappa shape index (κ1) is 20.3. The molecular formula is C23H19N3O4. The van der Waals surface area contributed by atoms with Crippen molar-refractivity contribution in [2.75, 3.05) is 5.32 Å². The molecule has 0 atom stereocenters. The fourth-order valence-corrected chi connectivity index (χ4v) is 2.49. The Kier molecular flexibility index (Phi) is 6.58. The van der Waals surface area contributed by atoms with Gasteiger partial charge >= 0.3 is 0 Å². The standard InChI is InChI=1S/C23H19N3O4/c27-20-12-9-18(21(28)14-20)15-24-26-23(30)17-7-10-19(11-8-17)25-22(29)13-6-16-4-2-1-3-5-16/h1-15,27-28H,(H,25,29)(H,26,30)/b13-6+,24-15-. The smallest absolute Gasteiger partial charge is 0.271 e. The van der Waals surface area contributed by atoms with Crippen LogP contribution >= 0.6 is 0 Å². The number of phenols is 2. The van der Waals surface area contributed by atoms with Crippen LogP contribution in [0.5, 0.6) is 11.5 Å². The number of hydrogen-bond acceptors (Lipinski definition) is 5. The molecule has 3 aromatic carbocycles. The van der Waals surface area contributed by atoms with Crippen molar-refractivity contribution in [2.45, 2.75) is 0 Å². The number of carbonyl (C=O) groups is 2. The fraction of sp³-hybridized carbons (Fsp3) is 0. The van der Waals surface area contributed by atoms with Crippen LogP contribution in [0, 0.1) is 0 Å². The molecule has 7 heteroatoms. The second kappa shape index (κ2) is 9.70. The number of hydrazone groups is 1. The van der Waals surface area contributed by atoms with Crippen LogP contribution in [0.4, 0.5) is 5.69 Å². The topological polar surface area (TPSA) is 111 Å². The van der Waals surface area contributed by atoms with Crippen LogP contribution in [0.15, 0.2) is 84.0 Å². The van der Waals surface area contributed by atoms with Gasteiger partial charge in [-0.25, -0.2) is 5.43 Å². The molecule has 0 spiro atoms. The summed E-state index contributed by atoms with van der Waals surface area (Å²) >= 11 is 0. The van der Waals surface area contributed by atoms with E-state index in [4.69, 9.17) is 0 Å². The van der Waals surface area contributed by atoms with Gasteiger partial charge in [0.25, 0.3) is 5.91 Å². The van der Waals surface area contributed by atoms with Crippen LogP contribution in [-0.2, 0) is 4.79 Å². The number of nitrogens with one attached hydrogen (secondary N) is 2. The van der Waals surface area contributed by atoms with E-state index in [2.05, 4.69) is 15.8 Å². The maximum atomic E-state index is 12.1. The molecule has 0 heterocycles. The molecule has 4 N–H and O–H groups in total. The van der Waals surface area contributed by atoms with E-state index in [1.54, 1.807) is 30.3 Å². The first-order valence-corrected chi connectivity index (χ1v) is 9.01. The number of rotatable bonds is 6. The van der Waals surface area contributed by atoms with Crippen molar-refractivity contribution < 1.29 is 19.8 Å². The SMILES string of the molecule is O=C(/C=C/c1ccccc1)Nc1ccc(C(=O)N/N=C\c2ccc(O)cc2O)cc1. The molecule has 0 unspecified atom stereocenters. The zero-order chi connectivity index (χ0) is 21.3. The van der Waals surface area contributed by atoms with Crippen molar-refractivity contribution in [3.63, 3.8) is 0 Å². The Labute approximate surface area is 173 Å². The summed E-state index contributed by atoms with van der Waals surface area (Å²) in [6.45, 7) is 0. The summed E-state index contributed by atoms with van der Waals surface area (Å²) in [6.07, 6.45) is 4.41. The van der Waals surface area contributed by atoms with E-state index in [9.17, 15) is 19.8 Å². The molecule has 0 aliphatic carbocycles. The lowest BCUT2D eigenvalue weighted by Gasteiger charge is -2.04. The molecular weight excluding hydrogens is 382 g/mol. The Balaban J connectivity index is 1.54. The van der Waals surface area contributed by atoms with E-state index in [1.807, 2.05) is 30.3 Å². The van der Waals surface area contributed by atoms with Gasteiger partial charge in [0.1, 0.15) is 11.5 Å². The highest BCUT2D eigenvalue weighted by Gasteiger charge is 2.05. The fourth-order valence-electron chi connectivity index (χ4n) is 2.49. The van der Waals surface area contributed by atoms with Gasteiger partial charge in [-0.3, -0.25) is 9.59 Å². The zero-order valence-electron chi connectivity index (χ0n) is 15.8. The van der Waals surface area contributed by atoms with Crippen LogP contribution in [0.3, 0.4) is 0 Å². The first-order valence-electron chi connectivity index (χ1n) is 9.01. The Morgan fingerprint density at radius 1 is 0.900 bits per heavy atom. The lowest BCUT2D eigenvalue weighted by Crippen LogP contribution is -2.17. The predicted octanol–water partition coefficient (Wildman–Crippen LogP) is 3.51. The van der Waals surface area contributed by atoms with E-state index in [-0.39, 0.29) is 17.4 Å². The quantitative estimate of drug-likeness (QED) is 0.288. The third-order valence-electron chi connectivity index (χ3n) is 4.03. The Hall–Kier alpha value is -4.39. The average molecular weight is 401 g/mol. The molecule has 0 aliphatic heterocycles. The van der Waals surface area contributed by atoms with Crippen LogP contribution in [0.2, 0.25) is 0 Å². The van der Waals surface area contributed by atoms with Gasteiger partial charge < -0.3 is 15.5 Å². The van der Waals surface area contributed by atoms with Crippen molar-refractivity contribution >= 4 is 29.8 Å². The van der Waals surface area contributed by atoms with Gasteiger partial charge in [-0.15, -0.1) is 0 Å². The van der Waals surface area contributed by atoms with Crippen LogP contribution < -0.4 is 10.7 Å². The number of anilines is 1. The molecule has 0 fully saturated rings. The highest BCUT2D eigenvalue weighted by Crippen LogP contribution is 2.20. The second-order valence-electron chi connectivity index (χ2n) is 6.25. The molecule has 150 valence electrons. The van der Waals surface area contributed by atoms with Crippen LogP contribution in [0.1, 0.15) is 21.5 Å².